The van der Waals surface area contributed by atoms with Gasteiger partial charge in [0, 0.05) is 29.1 Å². The van der Waals surface area contributed by atoms with E-state index >= 15 is 0 Å². The van der Waals surface area contributed by atoms with Crippen LogP contribution in [0.3, 0.4) is 0 Å². The van der Waals surface area contributed by atoms with E-state index in [0.717, 1.165) is 22.4 Å². The molecular weight excluding hydrogens is 224 g/mol. The Kier molecular flexibility index (Phi) is 3.36. The van der Waals surface area contributed by atoms with Crippen LogP contribution in [0.25, 0.3) is 10.9 Å². The smallest absolute Gasteiger partial charge is 0.129 e. The molecule has 3 nitrogen and oxygen atoms in total. The van der Waals surface area contributed by atoms with Gasteiger partial charge in [-0.3, -0.25) is 0 Å². The fourth-order valence-electron chi connectivity index (χ4n) is 1.66. The lowest BCUT2D eigenvalue weighted by Gasteiger charge is -2.05. The molecule has 0 aliphatic carbocycles. The molecule has 0 radical (unpaired) electrons. The maximum absolute atomic E-state index is 8.77. The highest BCUT2D eigenvalue weighted by Gasteiger charge is 2.04. The zero-order valence-electron chi connectivity index (χ0n) is 9.07. The highest BCUT2D eigenvalue weighted by atomic mass is 35.5. The van der Waals surface area contributed by atoms with Crippen molar-refractivity contribution in [3.05, 3.63) is 34.7 Å². The van der Waals surface area contributed by atoms with Gasteiger partial charge in [0.05, 0.1) is 5.52 Å². The zero-order valence-corrected chi connectivity index (χ0v) is 9.83. The lowest BCUT2D eigenvalue weighted by molar-refractivity contribution is 0.287. The van der Waals surface area contributed by atoms with E-state index in [2.05, 4.69) is 9.97 Å². The summed E-state index contributed by atoms with van der Waals surface area (Å²) >= 11 is 5.93. The highest BCUT2D eigenvalue weighted by Crippen LogP contribution is 2.20. The van der Waals surface area contributed by atoms with E-state index in [0.29, 0.717) is 17.9 Å². The van der Waals surface area contributed by atoms with Crippen LogP contribution in [0.5, 0.6) is 0 Å². The Bertz CT molecular complexity index is 514. The summed E-state index contributed by atoms with van der Waals surface area (Å²) in [5.74, 6) is 0.779. The lowest BCUT2D eigenvalue weighted by atomic mass is 10.2. The molecule has 0 atom stereocenters. The Morgan fingerprint density at radius 2 is 2.12 bits per heavy atom. The minimum atomic E-state index is 0.168. The first-order valence-electron chi connectivity index (χ1n) is 5.24. The van der Waals surface area contributed by atoms with Crippen LogP contribution in [0, 0.1) is 6.92 Å². The SMILES string of the molecule is Cc1nc(CCCO)nc2ccc(Cl)cc12. The molecule has 2 aromatic rings. The number of aliphatic hydroxyl groups excluding tert-OH is 1. The largest absolute Gasteiger partial charge is 0.396 e. The second kappa shape index (κ2) is 4.76. The molecule has 1 aromatic carbocycles. The normalized spacial score (nSPS) is 10.9. The second-order valence-electron chi connectivity index (χ2n) is 3.71. The third-order valence-electron chi connectivity index (χ3n) is 2.45. The van der Waals surface area contributed by atoms with Gasteiger partial charge >= 0.3 is 0 Å². The zero-order chi connectivity index (χ0) is 11.5. The van der Waals surface area contributed by atoms with Gasteiger partial charge < -0.3 is 5.11 Å². The molecule has 2 rings (SSSR count). The summed E-state index contributed by atoms with van der Waals surface area (Å²) in [7, 11) is 0. The first-order valence-corrected chi connectivity index (χ1v) is 5.62. The van der Waals surface area contributed by atoms with Crippen LogP contribution >= 0.6 is 11.6 Å². The number of nitrogens with zero attached hydrogens (tertiary/aromatic N) is 2. The van der Waals surface area contributed by atoms with E-state index in [4.69, 9.17) is 16.7 Å². The van der Waals surface area contributed by atoms with Crippen molar-refractivity contribution in [3.63, 3.8) is 0 Å². The van der Waals surface area contributed by atoms with Gasteiger partial charge in [0.15, 0.2) is 0 Å². The molecule has 84 valence electrons. The minimum absolute atomic E-state index is 0.168. The third-order valence-corrected chi connectivity index (χ3v) is 2.69. The number of hydrogen-bond acceptors (Lipinski definition) is 3. The monoisotopic (exact) mass is 236 g/mol. The maximum Gasteiger partial charge on any atom is 0.129 e. The molecule has 0 amide bonds. The Balaban J connectivity index is 2.46. The van der Waals surface area contributed by atoms with Crippen LogP contribution in [-0.4, -0.2) is 21.7 Å². The summed E-state index contributed by atoms with van der Waals surface area (Å²) in [6, 6.07) is 5.60. The van der Waals surface area contributed by atoms with E-state index in [1.165, 1.54) is 0 Å². The van der Waals surface area contributed by atoms with Gasteiger partial charge in [-0.2, -0.15) is 0 Å². The molecule has 1 heterocycles. The van der Waals surface area contributed by atoms with Crippen LogP contribution in [0.2, 0.25) is 5.02 Å². The van der Waals surface area contributed by atoms with Crippen LogP contribution < -0.4 is 0 Å². The van der Waals surface area contributed by atoms with Gasteiger partial charge in [0.2, 0.25) is 0 Å². The Morgan fingerprint density at radius 3 is 2.88 bits per heavy atom. The maximum atomic E-state index is 8.77. The molecular formula is C12H13ClN2O. The average molecular weight is 237 g/mol. The molecule has 0 saturated heterocycles. The topological polar surface area (TPSA) is 46.0 Å². The molecule has 0 aliphatic rings. The number of aromatic nitrogens is 2. The van der Waals surface area contributed by atoms with Gasteiger partial charge in [0.25, 0.3) is 0 Å². The van der Waals surface area contributed by atoms with Crippen LogP contribution in [0.4, 0.5) is 0 Å². The summed E-state index contributed by atoms with van der Waals surface area (Å²) in [5, 5.41) is 10.5. The Hall–Kier alpha value is -1.19. The van der Waals surface area contributed by atoms with Gasteiger partial charge in [-0.1, -0.05) is 11.6 Å². The third kappa shape index (κ3) is 2.31. The highest BCUT2D eigenvalue weighted by molar-refractivity contribution is 6.31. The van der Waals surface area contributed by atoms with Gasteiger partial charge in [-0.15, -0.1) is 0 Å². The van der Waals surface area contributed by atoms with Crippen LogP contribution in [-0.2, 0) is 6.42 Å². The summed E-state index contributed by atoms with van der Waals surface area (Å²) in [4.78, 5) is 8.83. The second-order valence-corrected chi connectivity index (χ2v) is 4.15. The molecule has 0 fully saturated rings. The van der Waals surface area contributed by atoms with Crippen molar-refractivity contribution in [2.45, 2.75) is 19.8 Å². The van der Waals surface area contributed by atoms with E-state index in [1.807, 2.05) is 25.1 Å². The Morgan fingerprint density at radius 1 is 1.31 bits per heavy atom. The van der Waals surface area contributed by atoms with Crippen molar-refractivity contribution in [3.8, 4) is 0 Å². The molecule has 0 saturated carbocycles. The van der Waals surface area contributed by atoms with Gasteiger partial charge in [-0.05, 0) is 31.5 Å². The number of aliphatic hydroxyl groups is 1. The number of fused-ring (bicyclic) bond motifs is 1. The van der Waals surface area contributed by atoms with E-state index in [9.17, 15) is 0 Å². The van der Waals surface area contributed by atoms with Crippen molar-refractivity contribution in [1.82, 2.24) is 9.97 Å². The van der Waals surface area contributed by atoms with Gasteiger partial charge in [0.1, 0.15) is 5.82 Å². The van der Waals surface area contributed by atoms with E-state index < -0.39 is 0 Å². The summed E-state index contributed by atoms with van der Waals surface area (Å²) in [6.45, 7) is 2.11. The molecule has 0 spiro atoms. The predicted molar refractivity (Wildman–Crippen MR) is 64.7 cm³/mol. The van der Waals surface area contributed by atoms with Crippen molar-refractivity contribution in [1.29, 1.82) is 0 Å². The molecule has 16 heavy (non-hydrogen) atoms. The van der Waals surface area contributed by atoms with Crippen molar-refractivity contribution in [2.75, 3.05) is 6.61 Å². The van der Waals surface area contributed by atoms with Crippen LogP contribution in [0.15, 0.2) is 18.2 Å². The minimum Gasteiger partial charge on any atom is -0.396 e. The molecule has 0 bridgehead atoms. The molecule has 0 aliphatic heterocycles. The van der Waals surface area contributed by atoms with Gasteiger partial charge in [-0.25, -0.2) is 9.97 Å². The predicted octanol–water partition coefficient (Wildman–Crippen LogP) is 2.52. The molecule has 1 N–H and O–H groups in total. The first kappa shape index (κ1) is 11.3. The van der Waals surface area contributed by atoms with Crippen LogP contribution in [0.1, 0.15) is 17.9 Å². The van der Waals surface area contributed by atoms with E-state index in [1.54, 1.807) is 0 Å². The van der Waals surface area contributed by atoms with Crippen molar-refractivity contribution < 1.29 is 5.11 Å². The summed E-state index contributed by atoms with van der Waals surface area (Å²) < 4.78 is 0. The van der Waals surface area contributed by atoms with Crippen molar-refractivity contribution in [2.24, 2.45) is 0 Å². The van der Waals surface area contributed by atoms with Crippen molar-refractivity contribution >= 4 is 22.5 Å². The van der Waals surface area contributed by atoms with E-state index in [-0.39, 0.29) is 6.61 Å². The summed E-state index contributed by atoms with van der Waals surface area (Å²) in [6.07, 6.45) is 1.40. The number of hydrogen-bond donors (Lipinski definition) is 1. The molecule has 1 aromatic heterocycles. The number of halogens is 1. The average Bonchev–Trinajstić information content (AvgIpc) is 2.27. The standard InChI is InChI=1S/C12H13ClN2O/c1-8-10-7-9(13)4-5-11(10)15-12(14-8)3-2-6-16/h4-5,7,16H,2-3,6H2,1H3. The summed E-state index contributed by atoms with van der Waals surface area (Å²) in [5.41, 5.74) is 1.84. The first-order chi connectivity index (χ1) is 7.70. The number of benzene rings is 1. The Labute approximate surface area is 99.1 Å². The molecule has 4 heteroatoms. The lowest BCUT2D eigenvalue weighted by Crippen LogP contribution is -2.00. The number of aryl methyl sites for hydroxylation is 2. The quantitative estimate of drug-likeness (QED) is 0.891. The fourth-order valence-corrected chi connectivity index (χ4v) is 1.83. The fraction of sp³-hybridized carbons (Fsp3) is 0.333. The number of rotatable bonds is 3. The molecule has 0 unspecified atom stereocenters.